The highest BCUT2D eigenvalue weighted by Gasteiger charge is 2.18. The highest BCUT2D eigenvalue weighted by molar-refractivity contribution is 14.0. The van der Waals surface area contributed by atoms with Crippen molar-refractivity contribution >= 4 is 47.2 Å². The summed E-state index contributed by atoms with van der Waals surface area (Å²) >= 11 is 5.95. The van der Waals surface area contributed by atoms with Crippen LogP contribution in [0.3, 0.4) is 0 Å². The van der Waals surface area contributed by atoms with Crippen LogP contribution in [0.15, 0.2) is 47.6 Å². The van der Waals surface area contributed by atoms with Gasteiger partial charge in [-0.1, -0.05) is 17.7 Å². The van der Waals surface area contributed by atoms with Gasteiger partial charge in [-0.3, -0.25) is 4.98 Å². The Morgan fingerprint density at radius 2 is 1.84 bits per heavy atom. The summed E-state index contributed by atoms with van der Waals surface area (Å²) < 4.78 is 0. The second-order valence-corrected chi connectivity index (χ2v) is 6.33. The van der Waals surface area contributed by atoms with Gasteiger partial charge in [0.25, 0.3) is 0 Å². The van der Waals surface area contributed by atoms with Gasteiger partial charge in [-0.2, -0.15) is 0 Å². The molecule has 25 heavy (non-hydrogen) atoms. The molecule has 134 valence electrons. The van der Waals surface area contributed by atoms with Crippen LogP contribution in [-0.2, 0) is 6.54 Å². The maximum Gasteiger partial charge on any atom is 0.191 e. The SMILES string of the molecule is Cc1cccnc1CN=C(N)N1CCN(c2ccc(Cl)cc2)CC1.I. The van der Waals surface area contributed by atoms with Gasteiger partial charge in [0.1, 0.15) is 0 Å². The van der Waals surface area contributed by atoms with E-state index in [2.05, 4.69) is 31.9 Å². The minimum atomic E-state index is 0. The Bertz CT molecular complexity index is 712. The number of nitrogens with two attached hydrogens (primary N) is 1. The van der Waals surface area contributed by atoms with Gasteiger partial charge in [0.2, 0.25) is 0 Å². The topological polar surface area (TPSA) is 57.8 Å². The second-order valence-electron chi connectivity index (χ2n) is 5.89. The first-order valence-corrected chi connectivity index (χ1v) is 8.47. The van der Waals surface area contributed by atoms with Crippen LogP contribution in [0.4, 0.5) is 5.69 Å². The number of pyridine rings is 1. The fraction of sp³-hybridized carbons (Fsp3) is 0.333. The lowest BCUT2D eigenvalue weighted by Gasteiger charge is -2.36. The molecule has 0 spiro atoms. The number of halogens is 2. The number of aryl methyl sites for hydroxylation is 1. The zero-order chi connectivity index (χ0) is 16.9. The lowest BCUT2D eigenvalue weighted by Crippen LogP contribution is -2.51. The third-order valence-electron chi connectivity index (χ3n) is 4.30. The molecule has 1 aliphatic heterocycles. The van der Waals surface area contributed by atoms with Crippen molar-refractivity contribution in [2.45, 2.75) is 13.5 Å². The van der Waals surface area contributed by atoms with Gasteiger partial charge in [-0.25, -0.2) is 4.99 Å². The van der Waals surface area contributed by atoms with Crippen LogP contribution in [-0.4, -0.2) is 42.0 Å². The molecule has 0 radical (unpaired) electrons. The van der Waals surface area contributed by atoms with Gasteiger partial charge >= 0.3 is 0 Å². The largest absolute Gasteiger partial charge is 0.370 e. The molecule has 2 aromatic rings. The number of aromatic nitrogens is 1. The number of benzene rings is 1. The zero-order valence-electron chi connectivity index (χ0n) is 14.2. The van der Waals surface area contributed by atoms with E-state index in [0.29, 0.717) is 12.5 Å². The van der Waals surface area contributed by atoms with E-state index >= 15 is 0 Å². The van der Waals surface area contributed by atoms with Crippen molar-refractivity contribution < 1.29 is 0 Å². The van der Waals surface area contributed by atoms with Crippen molar-refractivity contribution in [1.29, 1.82) is 0 Å². The van der Waals surface area contributed by atoms with Gasteiger partial charge < -0.3 is 15.5 Å². The van der Waals surface area contributed by atoms with Gasteiger partial charge in [0, 0.05) is 43.1 Å². The first-order chi connectivity index (χ1) is 11.6. The Hall–Kier alpha value is -1.54. The Labute approximate surface area is 170 Å². The number of nitrogens with zero attached hydrogens (tertiary/aromatic N) is 4. The van der Waals surface area contributed by atoms with Crippen LogP contribution < -0.4 is 10.6 Å². The number of anilines is 1. The molecule has 7 heteroatoms. The van der Waals surface area contributed by atoms with E-state index < -0.39 is 0 Å². The third kappa shape index (κ3) is 5.22. The number of hydrogen-bond acceptors (Lipinski definition) is 3. The first-order valence-electron chi connectivity index (χ1n) is 8.09. The number of rotatable bonds is 3. The summed E-state index contributed by atoms with van der Waals surface area (Å²) in [6, 6.07) is 11.9. The van der Waals surface area contributed by atoms with Crippen LogP contribution in [0.5, 0.6) is 0 Å². The van der Waals surface area contributed by atoms with E-state index in [1.807, 2.05) is 31.2 Å². The molecule has 2 heterocycles. The van der Waals surface area contributed by atoms with E-state index in [-0.39, 0.29) is 24.0 Å². The smallest absolute Gasteiger partial charge is 0.191 e. The molecule has 5 nitrogen and oxygen atoms in total. The van der Waals surface area contributed by atoms with E-state index in [4.69, 9.17) is 17.3 Å². The van der Waals surface area contributed by atoms with Crippen molar-refractivity contribution in [2.24, 2.45) is 10.7 Å². The van der Waals surface area contributed by atoms with Crippen LogP contribution in [0.2, 0.25) is 5.02 Å². The van der Waals surface area contributed by atoms with Gasteiger partial charge in [0.05, 0.1) is 12.2 Å². The summed E-state index contributed by atoms with van der Waals surface area (Å²) in [6.45, 7) is 6.12. The van der Waals surface area contributed by atoms with Crippen molar-refractivity contribution in [2.75, 3.05) is 31.1 Å². The summed E-state index contributed by atoms with van der Waals surface area (Å²) in [7, 11) is 0. The van der Waals surface area contributed by atoms with Crippen LogP contribution in [0.25, 0.3) is 0 Å². The summed E-state index contributed by atoms with van der Waals surface area (Å²) in [4.78, 5) is 13.3. The quantitative estimate of drug-likeness (QED) is 0.424. The van der Waals surface area contributed by atoms with Crippen LogP contribution in [0, 0.1) is 6.92 Å². The summed E-state index contributed by atoms with van der Waals surface area (Å²) in [5.74, 6) is 0.593. The Morgan fingerprint density at radius 1 is 1.16 bits per heavy atom. The molecule has 0 amide bonds. The first kappa shape index (κ1) is 19.8. The predicted molar refractivity (Wildman–Crippen MR) is 115 cm³/mol. The van der Waals surface area contributed by atoms with Crippen molar-refractivity contribution in [3.63, 3.8) is 0 Å². The fourth-order valence-corrected chi connectivity index (χ4v) is 2.91. The molecule has 1 fully saturated rings. The minimum absolute atomic E-state index is 0. The molecule has 0 aliphatic carbocycles. The summed E-state index contributed by atoms with van der Waals surface area (Å²) in [6.07, 6.45) is 1.79. The molecule has 3 rings (SSSR count). The number of hydrogen-bond donors (Lipinski definition) is 1. The monoisotopic (exact) mass is 471 g/mol. The fourth-order valence-electron chi connectivity index (χ4n) is 2.79. The molecule has 0 bridgehead atoms. The van der Waals surface area contributed by atoms with Gasteiger partial charge in [-0.05, 0) is 42.8 Å². The second kappa shape index (κ2) is 9.24. The molecule has 0 unspecified atom stereocenters. The average molecular weight is 472 g/mol. The molecule has 1 aromatic carbocycles. The van der Waals surface area contributed by atoms with Gasteiger partial charge in [-0.15, -0.1) is 24.0 Å². The number of piperazine rings is 1. The minimum Gasteiger partial charge on any atom is -0.370 e. The molecule has 0 saturated carbocycles. The lowest BCUT2D eigenvalue weighted by molar-refractivity contribution is 0.380. The Kier molecular flexibility index (Phi) is 7.31. The molecule has 2 N–H and O–H groups in total. The van der Waals surface area contributed by atoms with E-state index in [1.54, 1.807) is 6.20 Å². The molecule has 0 atom stereocenters. The number of aliphatic imine (C=N–C) groups is 1. The maximum atomic E-state index is 6.16. The standard InChI is InChI=1S/C18H22ClN5.HI/c1-14-3-2-8-21-17(14)13-22-18(20)24-11-9-23(10-12-24)16-6-4-15(19)5-7-16;/h2-8H,9-13H2,1H3,(H2,20,22);1H. The van der Waals surface area contributed by atoms with E-state index in [1.165, 1.54) is 5.69 Å². The normalized spacial score (nSPS) is 15.0. The molecule has 1 aromatic heterocycles. The Morgan fingerprint density at radius 3 is 2.48 bits per heavy atom. The maximum absolute atomic E-state index is 6.16. The molecular weight excluding hydrogens is 449 g/mol. The van der Waals surface area contributed by atoms with Crippen molar-refractivity contribution in [3.05, 3.63) is 58.9 Å². The third-order valence-corrected chi connectivity index (χ3v) is 4.56. The summed E-state index contributed by atoms with van der Waals surface area (Å²) in [5, 5.41) is 0.763. The van der Waals surface area contributed by atoms with E-state index in [0.717, 1.165) is 42.5 Å². The number of guanidine groups is 1. The lowest BCUT2D eigenvalue weighted by atomic mass is 10.2. The Balaban J connectivity index is 0.00000225. The average Bonchev–Trinajstić information content (AvgIpc) is 2.62. The molecule has 1 aliphatic rings. The molecule has 1 saturated heterocycles. The summed E-state index contributed by atoms with van der Waals surface area (Å²) in [5.41, 5.74) is 9.47. The van der Waals surface area contributed by atoms with Crippen molar-refractivity contribution in [3.8, 4) is 0 Å². The van der Waals surface area contributed by atoms with E-state index in [9.17, 15) is 0 Å². The molecular formula is C18H23ClIN5. The predicted octanol–water partition coefficient (Wildman–Crippen LogP) is 3.30. The highest BCUT2D eigenvalue weighted by Crippen LogP contribution is 2.19. The van der Waals surface area contributed by atoms with Crippen LogP contribution in [0.1, 0.15) is 11.3 Å². The van der Waals surface area contributed by atoms with Crippen LogP contribution >= 0.6 is 35.6 Å². The van der Waals surface area contributed by atoms with Crippen molar-refractivity contribution in [1.82, 2.24) is 9.88 Å². The van der Waals surface area contributed by atoms with Gasteiger partial charge in [0.15, 0.2) is 5.96 Å². The zero-order valence-corrected chi connectivity index (χ0v) is 17.3. The highest BCUT2D eigenvalue weighted by atomic mass is 127.